The lowest BCUT2D eigenvalue weighted by atomic mass is 10.2. The molecule has 0 atom stereocenters. The van der Waals surface area contributed by atoms with Gasteiger partial charge in [0, 0.05) is 12.1 Å². The lowest BCUT2D eigenvalue weighted by molar-refractivity contribution is 0.130. The lowest BCUT2D eigenvalue weighted by Crippen LogP contribution is -2.22. The minimum atomic E-state index is -0.180. The van der Waals surface area contributed by atoms with Gasteiger partial charge in [0.1, 0.15) is 20.6 Å². The molecule has 0 fully saturated rings. The molecule has 1 heterocycles. The summed E-state index contributed by atoms with van der Waals surface area (Å²) in [6.45, 7) is 6.03. The monoisotopic (exact) mass is 307 g/mol. The summed E-state index contributed by atoms with van der Waals surface area (Å²) in [6, 6.07) is 3.69. The van der Waals surface area contributed by atoms with Crippen LogP contribution in [0.3, 0.4) is 0 Å². The fourth-order valence-corrected chi connectivity index (χ4v) is 1.93. The predicted octanol–water partition coefficient (Wildman–Crippen LogP) is 3.78. The van der Waals surface area contributed by atoms with Crippen LogP contribution in [0.15, 0.2) is 21.3 Å². The number of ether oxygens (including phenoxy) is 1. The molecule has 1 aromatic rings. The highest BCUT2D eigenvalue weighted by Crippen LogP contribution is 2.24. The lowest BCUT2D eigenvalue weighted by Gasteiger charge is -2.21. The zero-order valence-electron chi connectivity index (χ0n) is 7.77. The van der Waals surface area contributed by atoms with Gasteiger partial charge in [-0.15, -0.1) is 0 Å². The van der Waals surface area contributed by atoms with Gasteiger partial charge in [-0.25, -0.2) is 4.98 Å². The molecule has 0 N–H and O–H groups in total. The van der Waals surface area contributed by atoms with Gasteiger partial charge in [-0.2, -0.15) is 0 Å². The van der Waals surface area contributed by atoms with Gasteiger partial charge in [0.05, 0.1) is 0 Å². The number of rotatable bonds is 1. The van der Waals surface area contributed by atoms with E-state index in [0.29, 0.717) is 0 Å². The molecule has 0 spiro atoms. The quantitative estimate of drug-likeness (QED) is 0.737. The van der Waals surface area contributed by atoms with Crippen molar-refractivity contribution >= 4 is 31.9 Å². The normalized spacial score (nSPS) is 11.5. The van der Waals surface area contributed by atoms with E-state index >= 15 is 0 Å². The van der Waals surface area contributed by atoms with E-state index < -0.39 is 0 Å². The fourth-order valence-electron chi connectivity index (χ4n) is 0.856. The molecule has 0 aliphatic heterocycles. The first-order valence-electron chi connectivity index (χ1n) is 3.89. The molecule has 1 aromatic heterocycles. The van der Waals surface area contributed by atoms with Crippen molar-refractivity contribution in [3.8, 4) is 5.75 Å². The second kappa shape index (κ2) is 3.96. The highest BCUT2D eigenvalue weighted by atomic mass is 79.9. The van der Waals surface area contributed by atoms with Gasteiger partial charge in [-0.1, -0.05) is 0 Å². The minimum Gasteiger partial charge on any atom is -0.488 e. The Balaban J connectivity index is 2.90. The van der Waals surface area contributed by atoms with Gasteiger partial charge in [0.2, 0.25) is 0 Å². The Kier molecular flexibility index (Phi) is 3.35. The van der Waals surface area contributed by atoms with E-state index in [-0.39, 0.29) is 5.60 Å². The minimum absolute atomic E-state index is 0.180. The summed E-state index contributed by atoms with van der Waals surface area (Å²) < 4.78 is 7.19. The van der Waals surface area contributed by atoms with Crippen LogP contribution in [0.5, 0.6) is 5.75 Å². The van der Waals surface area contributed by atoms with Crippen molar-refractivity contribution in [2.45, 2.75) is 26.4 Å². The van der Waals surface area contributed by atoms with E-state index in [2.05, 4.69) is 36.8 Å². The van der Waals surface area contributed by atoms with Crippen LogP contribution >= 0.6 is 31.9 Å². The molecule has 0 unspecified atom stereocenters. The molecule has 0 saturated carbocycles. The average molecular weight is 309 g/mol. The Morgan fingerprint density at radius 3 is 2.00 bits per heavy atom. The molecule has 0 aliphatic carbocycles. The van der Waals surface area contributed by atoms with Crippen molar-refractivity contribution in [2.75, 3.05) is 0 Å². The third-order valence-corrected chi connectivity index (χ3v) is 1.97. The number of aromatic nitrogens is 1. The highest BCUT2D eigenvalue weighted by molar-refractivity contribution is 9.11. The molecular formula is C9H11Br2NO. The Hall–Kier alpha value is -0.0900. The maximum atomic E-state index is 5.66. The molecule has 4 heteroatoms. The van der Waals surface area contributed by atoms with Crippen LogP contribution in [-0.4, -0.2) is 10.6 Å². The molecule has 0 saturated heterocycles. The summed E-state index contributed by atoms with van der Waals surface area (Å²) in [6.07, 6.45) is 0. The topological polar surface area (TPSA) is 22.1 Å². The maximum absolute atomic E-state index is 5.66. The van der Waals surface area contributed by atoms with Gasteiger partial charge in [0.25, 0.3) is 0 Å². The predicted molar refractivity (Wildman–Crippen MR) is 60.0 cm³/mol. The zero-order chi connectivity index (χ0) is 10.1. The Labute approximate surface area is 95.0 Å². The van der Waals surface area contributed by atoms with Gasteiger partial charge in [0.15, 0.2) is 0 Å². The molecule has 72 valence electrons. The van der Waals surface area contributed by atoms with E-state index in [1.807, 2.05) is 32.9 Å². The van der Waals surface area contributed by atoms with Crippen LogP contribution in [0, 0.1) is 0 Å². The van der Waals surface area contributed by atoms with Crippen LogP contribution in [0.25, 0.3) is 0 Å². The largest absolute Gasteiger partial charge is 0.488 e. The average Bonchev–Trinajstić information content (AvgIpc) is 1.78. The zero-order valence-corrected chi connectivity index (χ0v) is 10.9. The molecule has 1 rings (SSSR count). The third-order valence-electron chi connectivity index (χ3n) is 1.16. The standard InChI is InChI=1S/C9H11Br2NO/c1-9(2,3)13-6-4-7(10)12-8(11)5-6/h4-5H,1-3H3. The summed E-state index contributed by atoms with van der Waals surface area (Å²) >= 11 is 6.60. The van der Waals surface area contributed by atoms with E-state index in [4.69, 9.17) is 4.74 Å². The van der Waals surface area contributed by atoms with E-state index in [1.54, 1.807) is 0 Å². The first kappa shape index (κ1) is 11.0. The van der Waals surface area contributed by atoms with Gasteiger partial charge >= 0.3 is 0 Å². The van der Waals surface area contributed by atoms with Crippen molar-refractivity contribution in [1.82, 2.24) is 4.98 Å². The molecule has 13 heavy (non-hydrogen) atoms. The first-order chi connectivity index (χ1) is 5.87. The molecule has 0 bridgehead atoms. The number of nitrogens with zero attached hydrogens (tertiary/aromatic N) is 1. The highest BCUT2D eigenvalue weighted by Gasteiger charge is 2.12. The Bertz CT molecular complexity index is 287. The second-order valence-electron chi connectivity index (χ2n) is 3.66. The first-order valence-corrected chi connectivity index (χ1v) is 5.47. The van der Waals surface area contributed by atoms with Gasteiger partial charge in [-0.3, -0.25) is 0 Å². The van der Waals surface area contributed by atoms with Crippen molar-refractivity contribution in [1.29, 1.82) is 0 Å². The summed E-state index contributed by atoms with van der Waals surface area (Å²) in [4.78, 5) is 4.12. The third kappa shape index (κ3) is 4.09. The van der Waals surface area contributed by atoms with Crippen LogP contribution < -0.4 is 4.74 Å². The summed E-state index contributed by atoms with van der Waals surface area (Å²) in [5, 5.41) is 0. The van der Waals surface area contributed by atoms with Crippen molar-refractivity contribution < 1.29 is 4.74 Å². The molecule has 0 radical (unpaired) electrons. The number of hydrogen-bond donors (Lipinski definition) is 0. The van der Waals surface area contributed by atoms with Crippen LogP contribution in [0.4, 0.5) is 0 Å². The molecule has 2 nitrogen and oxygen atoms in total. The summed E-state index contributed by atoms with van der Waals surface area (Å²) in [7, 11) is 0. The second-order valence-corrected chi connectivity index (χ2v) is 5.29. The van der Waals surface area contributed by atoms with E-state index in [9.17, 15) is 0 Å². The smallest absolute Gasteiger partial charge is 0.125 e. The van der Waals surface area contributed by atoms with Crippen molar-refractivity contribution in [2.24, 2.45) is 0 Å². The number of pyridine rings is 1. The van der Waals surface area contributed by atoms with Crippen LogP contribution in [0.1, 0.15) is 20.8 Å². The van der Waals surface area contributed by atoms with Gasteiger partial charge in [-0.05, 0) is 52.6 Å². The number of hydrogen-bond acceptors (Lipinski definition) is 2. The Morgan fingerprint density at radius 2 is 1.62 bits per heavy atom. The number of halogens is 2. The molecular weight excluding hydrogens is 298 g/mol. The van der Waals surface area contributed by atoms with Crippen molar-refractivity contribution in [3.63, 3.8) is 0 Å². The maximum Gasteiger partial charge on any atom is 0.125 e. The fraction of sp³-hybridized carbons (Fsp3) is 0.444. The van der Waals surface area contributed by atoms with Crippen LogP contribution in [-0.2, 0) is 0 Å². The van der Waals surface area contributed by atoms with Gasteiger partial charge < -0.3 is 4.74 Å². The Morgan fingerprint density at radius 1 is 1.15 bits per heavy atom. The summed E-state index contributed by atoms with van der Waals surface area (Å²) in [5.41, 5.74) is -0.180. The molecule has 0 aliphatic rings. The van der Waals surface area contributed by atoms with E-state index in [0.717, 1.165) is 15.0 Å². The van der Waals surface area contributed by atoms with Crippen molar-refractivity contribution in [3.05, 3.63) is 21.3 Å². The molecule has 0 amide bonds. The van der Waals surface area contributed by atoms with Crippen LogP contribution in [0.2, 0.25) is 0 Å². The summed E-state index contributed by atoms with van der Waals surface area (Å²) in [5.74, 6) is 0.807. The van der Waals surface area contributed by atoms with E-state index in [1.165, 1.54) is 0 Å². The molecule has 0 aromatic carbocycles. The SMILES string of the molecule is CC(C)(C)Oc1cc(Br)nc(Br)c1.